The van der Waals surface area contributed by atoms with E-state index in [2.05, 4.69) is 43.9 Å². The molecule has 1 heterocycles. The number of aromatic nitrogens is 2. The van der Waals surface area contributed by atoms with Gasteiger partial charge in [0.15, 0.2) is 0 Å². The quantitative estimate of drug-likeness (QED) is 0.749. The second-order valence-corrected chi connectivity index (χ2v) is 5.63. The Hall–Kier alpha value is -0.570. The van der Waals surface area contributed by atoms with Gasteiger partial charge in [-0.1, -0.05) is 20.8 Å². The number of nitrogens with zero attached hydrogens (tertiary/aromatic N) is 2. The van der Waals surface area contributed by atoms with Crippen LogP contribution in [-0.4, -0.2) is 16.2 Å². The lowest BCUT2D eigenvalue weighted by Crippen LogP contribution is -2.16. The summed E-state index contributed by atoms with van der Waals surface area (Å²) in [7, 11) is 0. The third-order valence-corrected chi connectivity index (χ3v) is 3.22. The summed E-state index contributed by atoms with van der Waals surface area (Å²) in [5.74, 6) is 0. The molecule has 0 radical (unpaired) electrons. The predicted octanol–water partition coefficient (Wildman–Crippen LogP) is 3.20. The van der Waals surface area contributed by atoms with E-state index in [1.54, 1.807) is 6.33 Å². The van der Waals surface area contributed by atoms with Crippen LogP contribution in [0.1, 0.15) is 44.2 Å². The van der Waals surface area contributed by atoms with Crippen molar-refractivity contribution < 1.29 is 0 Å². The van der Waals surface area contributed by atoms with E-state index in [1.165, 1.54) is 11.3 Å². The van der Waals surface area contributed by atoms with Gasteiger partial charge in [0.05, 0.1) is 5.69 Å². The third kappa shape index (κ3) is 2.47. The highest BCUT2D eigenvalue weighted by atomic mass is 32.2. The van der Waals surface area contributed by atoms with Crippen molar-refractivity contribution in [1.82, 2.24) is 9.97 Å². The standard InChI is InChI=1S/C11H18N2S/c1-8(14-5)10-9(11(2,3)4)6-12-7-13-10/h6-8H,1-5H3. The summed E-state index contributed by atoms with van der Waals surface area (Å²) in [5.41, 5.74) is 2.54. The minimum atomic E-state index is 0.126. The maximum atomic E-state index is 4.38. The first-order valence-electron chi connectivity index (χ1n) is 4.80. The van der Waals surface area contributed by atoms with Gasteiger partial charge in [-0.2, -0.15) is 11.8 Å². The Labute approximate surface area is 90.5 Å². The fourth-order valence-corrected chi connectivity index (χ4v) is 1.76. The molecule has 0 saturated carbocycles. The lowest BCUT2D eigenvalue weighted by atomic mass is 9.86. The van der Waals surface area contributed by atoms with Crippen molar-refractivity contribution in [3.63, 3.8) is 0 Å². The van der Waals surface area contributed by atoms with Crippen molar-refractivity contribution in [1.29, 1.82) is 0 Å². The minimum Gasteiger partial charge on any atom is -0.244 e. The Morgan fingerprint density at radius 1 is 1.36 bits per heavy atom. The smallest absolute Gasteiger partial charge is 0.115 e. The Morgan fingerprint density at radius 2 is 2.00 bits per heavy atom. The van der Waals surface area contributed by atoms with Gasteiger partial charge in [0.1, 0.15) is 6.33 Å². The van der Waals surface area contributed by atoms with Crippen molar-refractivity contribution in [2.24, 2.45) is 0 Å². The molecule has 0 aliphatic heterocycles. The second kappa shape index (κ2) is 4.30. The summed E-state index contributed by atoms with van der Waals surface area (Å²) < 4.78 is 0. The van der Waals surface area contributed by atoms with Crippen LogP contribution in [-0.2, 0) is 5.41 Å². The maximum Gasteiger partial charge on any atom is 0.115 e. The Bertz CT molecular complexity index is 304. The fourth-order valence-electron chi connectivity index (χ4n) is 1.35. The SMILES string of the molecule is CSC(C)c1ncncc1C(C)(C)C. The van der Waals surface area contributed by atoms with E-state index in [9.17, 15) is 0 Å². The highest BCUT2D eigenvalue weighted by molar-refractivity contribution is 7.98. The van der Waals surface area contributed by atoms with E-state index >= 15 is 0 Å². The Balaban J connectivity index is 3.16. The topological polar surface area (TPSA) is 25.8 Å². The lowest BCUT2D eigenvalue weighted by Gasteiger charge is -2.23. The molecule has 3 heteroatoms. The van der Waals surface area contributed by atoms with Crippen molar-refractivity contribution in [3.8, 4) is 0 Å². The molecule has 14 heavy (non-hydrogen) atoms. The van der Waals surface area contributed by atoms with Crippen molar-refractivity contribution in [2.45, 2.75) is 38.4 Å². The zero-order valence-corrected chi connectivity index (χ0v) is 10.4. The fraction of sp³-hybridized carbons (Fsp3) is 0.636. The van der Waals surface area contributed by atoms with E-state index in [0.717, 1.165) is 0 Å². The van der Waals surface area contributed by atoms with E-state index in [0.29, 0.717) is 5.25 Å². The van der Waals surface area contributed by atoms with Crippen LogP contribution in [0.5, 0.6) is 0 Å². The Morgan fingerprint density at radius 3 is 2.50 bits per heavy atom. The van der Waals surface area contributed by atoms with Crippen molar-refractivity contribution >= 4 is 11.8 Å². The number of hydrogen-bond acceptors (Lipinski definition) is 3. The first-order valence-corrected chi connectivity index (χ1v) is 6.08. The molecule has 1 atom stereocenters. The highest BCUT2D eigenvalue weighted by Gasteiger charge is 2.21. The summed E-state index contributed by atoms with van der Waals surface area (Å²) in [4.78, 5) is 8.49. The highest BCUT2D eigenvalue weighted by Crippen LogP contribution is 2.32. The summed E-state index contributed by atoms with van der Waals surface area (Å²) in [6.07, 6.45) is 5.69. The number of thioether (sulfide) groups is 1. The summed E-state index contributed by atoms with van der Waals surface area (Å²) in [5, 5.41) is 0.437. The van der Waals surface area contributed by atoms with E-state index in [-0.39, 0.29) is 5.41 Å². The van der Waals surface area contributed by atoms with Gasteiger partial charge < -0.3 is 0 Å². The van der Waals surface area contributed by atoms with Crippen LogP contribution in [0.2, 0.25) is 0 Å². The molecule has 1 unspecified atom stereocenters. The van der Waals surface area contributed by atoms with Gasteiger partial charge in [0.2, 0.25) is 0 Å². The molecule has 0 bridgehead atoms. The molecule has 0 aromatic carbocycles. The number of hydrogen-bond donors (Lipinski definition) is 0. The molecule has 0 amide bonds. The first kappa shape index (κ1) is 11.5. The molecule has 1 aromatic heterocycles. The van der Waals surface area contributed by atoms with Crippen LogP contribution in [0.15, 0.2) is 12.5 Å². The van der Waals surface area contributed by atoms with E-state index in [4.69, 9.17) is 0 Å². The van der Waals surface area contributed by atoms with Gasteiger partial charge in [0.25, 0.3) is 0 Å². The molecule has 2 nitrogen and oxygen atoms in total. The Kier molecular flexibility index (Phi) is 3.53. The molecule has 0 fully saturated rings. The zero-order chi connectivity index (χ0) is 10.8. The molecular formula is C11H18N2S. The average molecular weight is 210 g/mol. The largest absolute Gasteiger partial charge is 0.244 e. The summed E-state index contributed by atoms with van der Waals surface area (Å²) >= 11 is 1.82. The zero-order valence-electron chi connectivity index (χ0n) is 9.53. The molecule has 1 aromatic rings. The predicted molar refractivity (Wildman–Crippen MR) is 62.7 cm³/mol. The first-order chi connectivity index (χ1) is 6.46. The van der Waals surface area contributed by atoms with Crippen LogP contribution in [0.4, 0.5) is 0 Å². The van der Waals surface area contributed by atoms with E-state index < -0.39 is 0 Å². The lowest BCUT2D eigenvalue weighted by molar-refractivity contribution is 0.574. The number of rotatable bonds is 2. The van der Waals surface area contributed by atoms with E-state index in [1.807, 2.05) is 18.0 Å². The van der Waals surface area contributed by atoms with Gasteiger partial charge in [-0.3, -0.25) is 0 Å². The molecule has 78 valence electrons. The van der Waals surface area contributed by atoms with Crippen LogP contribution < -0.4 is 0 Å². The van der Waals surface area contributed by atoms with Crippen LogP contribution in [0.25, 0.3) is 0 Å². The van der Waals surface area contributed by atoms with Gasteiger partial charge in [0, 0.05) is 11.4 Å². The molecule has 0 spiro atoms. The average Bonchev–Trinajstić information content (AvgIpc) is 2.15. The van der Waals surface area contributed by atoms with Gasteiger partial charge in [-0.05, 0) is 24.2 Å². The monoisotopic (exact) mass is 210 g/mol. The summed E-state index contributed by atoms with van der Waals surface area (Å²) in [6, 6.07) is 0. The van der Waals surface area contributed by atoms with Gasteiger partial charge in [-0.15, -0.1) is 0 Å². The molecule has 0 aliphatic rings. The van der Waals surface area contributed by atoms with Crippen LogP contribution >= 0.6 is 11.8 Å². The van der Waals surface area contributed by atoms with Crippen molar-refractivity contribution in [3.05, 3.63) is 23.8 Å². The normalized spacial score (nSPS) is 14.1. The van der Waals surface area contributed by atoms with Crippen LogP contribution in [0, 0.1) is 0 Å². The van der Waals surface area contributed by atoms with Gasteiger partial charge >= 0.3 is 0 Å². The molecule has 0 saturated heterocycles. The second-order valence-electron chi connectivity index (χ2n) is 4.45. The third-order valence-electron chi connectivity index (χ3n) is 2.29. The van der Waals surface area contributed by atoms with Crippen LogP contribution in [0.3, 0.4) is 0 Å². The molecular weight excluding hydrogens is 192 g/mol. The summed E-state index contributed by atoms with van der Waals surface area (Å²) in [6.45, 7) is 8.77. The minimum absolute atomic E-state index is 0.126. The molecule has 0 N–H and O–H groups in total. The maximum absolute atomic E-state index is 4.38. The molecule has 1 rings (SSSR count). The van der Waals surface area contributed by atoms with Gasteiger partial charge in [-0.25, -0.2) is 9.97 Å². The van der Waals surface area contributed by atoms with Crippen molar-refractivity contribution in [2.75, 3.05) is 6.26 Å². The molecule has 0 aliphatic carbocycles.